The molecule has 1 heterocycles. The van der Waals surface area contributed by atoms with Crippen molar-refractivity contribution in [2.45, 2.75) is 31.2 Å². The van der Waals surface area contributed by atoms with Gasteiger partial charge in [-0.1, -0.05) is 6.42 Å². The molecule has 116 valence electrons. The van der Waals surface area contributed by atoms with E-state index in [2.05, 4.69) is 4.90 Å². The van der Waals surface area contributed by atoms with Crippen LogP contribution in [-0.4, -0.2) is 63.1 Å². The second-order valence-electron chi connectivity index (χ2n) is 5.90. The van der Waals surface area contributed by atoms with E-state index in [-0.39, 0.29) is 23.4 Å². The van der Waals surface area contributed by atoms with Crippen LogP contribution < -0.4 is 5.73 Å². The molecule has 0 amide bonds. The highest BCUT2D eigenvalue weighted by Gasteiger charge is 2.46. The van der Waals surface area contributed by atoms with E-state index in [1.807, 2.05) is 0 Å². The third kappa shape index (κ3) is 3.32. The number of sulfone groups is 1. The summed E-state index contributed by atoms with van der Waals surface area (Å²) in [6.07, 6.45) is 3.40. The van der Waals surface area contributed by atoms with Gasteiger partial charge < -0.3 is 15.4 Å². The molecule has 0 aromatic carbocycles. The zero-order valence-electron chi connectivity index (χ0n) is 12.0. The molecule has 0 bridgehead atoms. The van der Waals surface area contributed by atoms with Crippen molar-refractivity contribution in [1.29, 1.82) is 0 Å². The van der Waals surface area contributed by atoms with Crippen molar-refractivity contribution in [1.82, 2.24) is 4.90 Å². The van der Waals surface area contributed by atoms with E-state index in [1.165, 1.54) is 7.11 Å². The molecule has 0 aromatic rings. The van der Waals surface area contributed by atoms with Gasteiger partial charge in [-0.15, -0.1) is 0 Å². The highest BCUT2D eigenvalue weighted by Crippen LogP contribution is 2.37. The molecule has 0 spiro atoms. The average molecular weight is 304 g/mol. The number of ether oxygens (including phenoxy) is 1. The highest BCUT2D eigenvalue weighted by atomic mass is 32.2. The minimum absolute atomic E-state index is 0.133. The Bertz CT molecular complexity index is 451. The molecule has 2 atom stereocenters. The van der Waals surface area contributed by atoms with Crippen LogP contribution in [0.4, 0.5) is 0 Å². The van der Waals surface area contributed by atoms with Crippen molar-refractivity contribution in [3.8, 4) is 0 Å². The van der Waals surface area contributed by atoms with Crippen LogP contribution >= 0.6 is 0 Å². The molecule has 2 unspecified atom stereocenters. The number of carbonyl (C=O) groups is 1. The normalized spacial score (nSPS) is 34.0. The molecular formula is C13H24N2O4S. The topological polar surface area (TPSA) is 89.7 Å². The highest BCUT2D eigenvalue weighted by molar-refractivity contribution is 7.91. The fourth-order valence-corrected chi connectivity index (χ4v) is 4.55. The number of nitrogens with zero attached hydrogens (tertiary/aromatic N) is 1. The molecule has 1 saturated heterocycles. The molecule has 2 rings (SSSR count). The van der Waals surface area contributed by atoms with E-state index in [4.69, 9.17) is 10.5 Å². The van der Waals surface area contributed by atoms with Gasteiger partial charge in [0.1, 0.15) is 5.54 Å². The standard InChI is InChI=1S/C13H24N2O4S/c1-19-12(16)13(14)5-2-3-11(13)4-6-15-7-9-20(17,18)10-8-15/h11H,2-10,14H2,1H3. The van der Waals surface area contributed by atoms with Gasteiger partial charge in [0, 0.05) is 13.1 Å². The van der Waals surface area contributed by atoms with E-state index in [0.717, 1.165) is 25.8 Å². The van der Waals surface area contributed by atoms with E-state index in [1.54, 1.807) is 0 Å². The number of hydrogen-bond acceptors (Lipinski definition) is 6. The molecule has 7 heteroatoms. The van der Waals surface area contributed by atoms with Crippen LogP contribution in [0.5, 0.6) is 0 Å². The van der Waals surface area contributed by atoms with Crippen LogP contribution in [0, 0.1) is 5.92 Å². The quantitative estimate of drug-likeness (QED) is 0.722. The van der Waals surface area contributed by atoms with Gasteiger partial charge in [0.05, 0.1) is 18.6 Å². The predicted molar refractivity (Wildman–Crippen MR) is 76.0 cm³/mol. The summed E-state index contributed by atoms with van der Waals surface area (Å²) < 4.78 is 27.6. The van der Waals surface area contributed by atoms with E-state index < -0.39 is 15.4 Å². The largest absolute Gasteiger partial charge is 0.468 e. The monoisotopic (exact) mass is 304 g/mol. The summed E-state index contributed by atoms with van der Waals surface area (Å²) in [5.41, 5.74) is 5.38. The van der Waals surface area contributed by atoms with Gasteiger partial charge in [-0.25, -0.2) is 8.42 Å². The maximum absolute atomic E-state index is 11.8. The summed E-state index contributed by atoms with van der Waals surface area (Å²) >= 11 is 0. The van der Waals surface area contributed by atoms with Gasteiger partial charge in [0.2, 0.25) is 0 Å². The second-order valence-corrected chi connectivity index (χ2v) is 8.21. The molecule has 1 saturated carbocycles. The summed E-state index contributed by atoms with van der Waals surface area (Å²) in [6.45, 7) is 1.98. The van der Waals surface area contributed by atoms with Gasteiger partial charge in [-0.2, -0.15) is 0 Å². The Morgan fingerprint density at radius 2 is 2.05 bits per heavy atom. The van der Waals surface area contributed by atoms with Gasteiger partial charge in [-0.05, 0) is 31.7 Å². The lowest BCUT2D eigenvalue weighted by Gasteiger charge is -2.32. The van der Waals surface area contributed by atoms with Crippen LogP contribution in [0.3, 0.4) is 0 Å². The summed E-state index contributed by atoms with van der Waals surface area (Å²) in [5.74, 6) is 0.292. The Kier molecular flexibility index (Phi) is 4.71. The number of methoxy groups -OCH3 is 1. The minimum Gasteiger partial charge on any atom is -0.468 e. The lowest BCUT2D eigenvalue weighted by atomic mass is 9.85. The van der Waals surface area contributed by atoms with Gasteiger partial charge >= 0.3 is 5.97 Å². The fourth-order valence-electron chi connectivity index (χ4n) is 3.28. The number of nitrogens with two attached hydrogens (primary N) is 1. The number of esters is 1. The number of hydrogen-bond donors (Lipinski definition) is 1. The van der Waals surface area contributed by atoms with Crippen LogP contribution in [0.15, 0.2) is 0 Å². The van der Waals surface area contributed by atoms with Crippen molar-refractivity contribution in [2.75, 3.05) is 38.2 Å². The Morgan fingerprint density at radius 1 is 1.40 bits per heavy atom. The van der Waals surface area contributed by atoms with E-state index >= 15 is 0 Å². The van der Waals surface area contributed by atoms with Crippen molar-refractivity contribution in [2.24, 2.45) is 11.7 Å². The number of carbonyl (C=O) groups excluding carboxylic acids is 1. The first-order chi connectivity index (χ1) is 9.37. The second kappa shape index (κ2) is 5.99. The number of rotatable bonds is 4. The maximum atomic E-state index is 11.8. The molecular weight excluding hydrogens is 280 g/mol. The van der Waals surface area contributed by atoms with Crippen LogP contribution in [0.1, 0.15) is 25.7 Å². The van der Waals surface area contributed by atoms with Crippen LogP contribution in [0.2, 0.25) is 0 Å². The summed E-state index contributed by atoms with van der Waals surface area (Å²) in [4.78, 5) is 14.0. The fraction of sp³-hybridized carbons (Fsp3) is 0.923. The molecule has 0 radical (unpaired) electrons. The zero-order valence-corrected chi connectivity index (χ0v) is 12.8. The summed E-state index contributed by atoms with van der Waals surface area (Å²) in [5, 5.41) is 0. The van der Waals surface area contributed by atoms with Gasteiger partial charge in [0.25, 0.3) is 0 Å². The van der Waals surface area contributed by atoms with Crippen LogP contribution in [-0.2, 0) is 19.4 Å². The molecule has 20 heavy (non-hydrogen) atoms. The molecule has 0 aromatic heterocycles. The lowest BCUT2D eigenvalue weighted by Crippen LogP contribution is -2.52. The van der Waals surface area contributed by atoms with Crippen molar-refractivity contribution >= 4 is 15.8 Å². The Labute approximate surface area is 120 Å². The van der Waals surface area contributed by atoms with Crippen molar-refractivity contribution < 1.29 is 17.9 Å². The van der Waals surface area contributed by atoms with Crippen molar-refractivity contribution in [3.63, 3.8) is 0 Å². The van der Waals surface area contributed by atoms with Crippen molar-refractivity contribution in [3.05, 3.63) is 0 Å². The Balaban J connectivity index is 1.86. The third-order valence-corrected chi connectivity index (χ3v) is 6.28. The first-order valence-electron chi connectivity index (χ1n) is 7.17. The third-order valence-electron chi connectivity index (χ3n) is 4.67. The SMILES string of the molecule is COC(=O)C1(N)CCCC1CCN1CCS(=O)(=O)CC1. The van der Waals surface area contributed by atoms with Gasteiger partial charge in [0.15, 0.2) is 9.84 Å². The minimum atomic E-state index is -2.83. The molecule has 2 N–H and O–H groups in total. The molecule has 6 nitrogen and oxygen atoms in total. The van der Waals surface area contributed by atoms with E-state index in [0.29, 0.717) is 19.5 Å². The Morgan fingerprint density at radius 3 is 2.65 bits per heavy atom. The summed E-state index contributed by atoms with van der Waals surface area (Å²) in [6, 6.07) is 0. The summed E-state index contributed by atoms with van der Waals surface area (Å²) in [7, 11) is -1.46. The molecule has 1 aliphatic heterocycles. The van der Waals surface area contributed by atoms with E-state index in [9.17, 15) is 13.2 Å². The molecule has 2 aliphatic rings. The maximum Gasteiger partial charge on any atom is 0.326 e. The average Bonchev–Trinajstić information content (AvgIpc) is 2.79. The first-order valence-corrected chi connectivity index (χ1v) is 8.99. The lowest BCUT2D eigenvalue weighted by molar-refractivity contribution is -0.148. The predicted octanol–water partition coefficient (Wildman–Crippen LogP) is -0.222. The van der Waals surface area contributed by atoms with Gasteiger partial charge in [-0.3, -0.25) is 4.79 Å². The zero-order chi connectivity index (χ0) is 14.8. The smallest absolute Gasteiger partial charge is 0.326 e. The molecule has 1 aliphatic carbocycles. The molecule has 2 fully saturated rings. The Hall–Kier alpha value is -0.660. The van der Waals surface area contributed by atoms with Crippen LogP contribution in [0.25, 0.3) is 0 Å². The first kappa shape index (κ1) is 15.7.